The Bertz CT molecular complexity index is 879. The molecule has 0 aliphatic carbocycles. The molecule has 0 radical (unpaired) electrons. The van der Waals surface area contributed by atoms with E-state index < -0.39 is 22.9 Å². The quantitative estimate of drug-likeness (QED) is 0.456. The predicted octanol–water partition coefficient (Wildman–Crippen LogP) is 2.74. The lowest BCUT2D eigenvalue weighted by Gasteiger charge is -2.13. The number of benzene rings is 2. The molecule has 140 valence electrons. The fourth-order valence-corrected chi connectivity index (χ4v) is 2.12. The first-order valence-corrected chi connectivity index (χ1v) is 7.90. The lowest BCUT2D eigenvalue weighted by molar-refractivity contribution is -0.384. The lowest BCUT2D eigenvalue weighted by Crippen LogP contribution is -2.30. The molecule has 0 aliphatic heterocycles. The first-order valence-electron chi connectivity index (χ1n) is 7.90. The summed E-state index contributed by atoms with van der Waals surface area (Å²) in [4.78, 5) is 45.4. The monoisotopic (exact) mass is 371 g/mol. The highest BCUT2D eigenvalue weighted by molar-refractivity contribution is 5.97. The maximum Gasteiger partial charge on any atom is 0.338 e. The molecule has 0 saturated heterocycles. The molecule has 0 bridgehead atoms. The molecule has 1 atom stereocenters. The Morgan fingerprint density at radius 3 is 2.30 bits per heavy atom. The second kappa shape index (κ2) is 8.56. The second-order valence-electron chi connectivity index (χ2n) is 5.60. The Kier molecular flexibility index (Phi) is 6.21. The molecule has 2 rings (SSSR count). The molecule has 2 aromatic rings. The van der Waals surface area contributed by atoms with E-state index in [1.807, 2.05) is 0 Å². The molecule has 2 N–H and O–H groups in total. The predicted molar refractivity (Wildman–Crippen MR) is 97.3 cm³/mol. The van der Waals surface area contributed by atoms with Gasteiger partial charge in [-0.1, -0.05) is 6.07 Å². The molecule has 0 aromatic heterocycles. The van der Waals surface area contributed by atoms with E-state index in [2.05, 4.69) is 10.6 Å². The maximum atomic E-state index is 12.1. The van der Waals surface area contributed by atoms with Gasteiger partial charge in [-0.2, -0.15) is 0 Å². The minimum Gasteiger partial charge on any atom is -0.449 e. The smallest absolute Gasteiger partial charge is 0.338 e. The highest BCUT2D eigenvalue weighted by Gasteiger charge is 2.19. The van der Waals surface area contributed by atoms with Crippen LogP contribution in [-0.2, 0) is 14.3 Å². The highest BCUT2D eigenvalue weighted by atomic mass is 16.6. The molecule has 2 aromatic carbocycles. The van der Waals surface area contributed by atoms with Gasteiger partial charge in [0, 0.05) is 30.4 Å². The fraction of sp³-hybridized carbons (Fsp3) is 0.167. The summed E-state index contributed by atoms with van der Waals surface area (Å²) in [5, 5.41) is 15.8. The zero-order valence-electron chi connectivity index (χ0n) is 14.6. The Balaban J connectivity index is 1.97. The minimum absolute atomic E-state index is 0.170. The summed E-state index contributed by atoms with van der Waals surface area (Å²) in [5.41, 5.74) is 0.781. The van der Waals surface area contributed by atoms with Gasteiger partial charge in [0.15, 0.2) is 6.10 Å². The molecule has 0 saturated carbocycles. The standard InChI is InChI=1S/C18H17N3O6/c1-11(17(23)20-15-4-3-5-16(10-15)21(25)26)27-18(24)13-6-8-14(9-7-13)19-12(2)22/h3-11H,1-2H3,(H,19,22)(H,20,23). The highest BCUT2D eigenvalue weighted by Crippen LogP contribution is 2.18. The molecule has 9 heteroatoms. The van der Waals surface area contributed by atoms with Crippen LogP contribution in [0.4, 0.5) is 17.1 Å². The molecule has 27 heavy (non-hydrogen) atoms. The van der Waals surface area contributed by atoms with Crippen LogP contribution in [-0.4, -0.2) is 28.8 Å². The van der Waals surface area contributed by atoms with Crippen molar-refractivity contribution in [3.63, 3.8) is 0 Å². The van der Waals surface area contributed by atoms with E-state index in [1.54, 1.807) is 0 Å². The number of carbonyl (C=O) groups excluding carboxylic acids is 3. The Labute approximate surface area is 154 Å². The normalized spacial score (nSPS) is 11.2. The van der Waals surface area contributed by atoms with Crippen LogP contribution in [0.5, 0.6) is 0 Å². The maximum absolute atomic E-state index is 12.1. The number of carbonyl (C=O) groups is 3. The zero-order chi connectivity index (χ0) is 20.0. The molecule has 1 unspecified atom stereocenters. The van der Waals surface area contributed by atoms with Crippen LogP contribution in [0.25, 0.3) is 0 Å². The number of hydrogen-bond donors (Lipinski definition) is 2. The minimum atomic E-state index is -1.12. The van der Waals surface area contributed by atoms with Crippen LogP contribution in [0.2, 0.25) is 0 Å². The topological polar surface area (TPSA) is 128 Å². The number of anilines is 2. The van der Waals surface area contributed by atoms with Crippen molar-refractivity contribution in [1.82, 2.24) is 0 Å². The van der Waals surface area contributed by atoms with Crippen LogP contribution >= 0.6 is 0 Å². The van der Waals surface area contributed by atoms with Gasteiger partial charge >= 0.3 is 5.97 Å². The first kappa shape index (κ1) is 19.6. The summed E-state index contributed by atoms with van der Waals surface area (Å²) in [6.07, 6.45) is -1.12. The molecular formula is C18H17N3O6. The fourth-order valence-electron chi connectivity index (χ4n) is 2.12. The van der Waals surface area contributed by atoms with E-state index >= 15 is 0 Å². The number of esters is 1. The third-order valence-electron chi connectivity index (χ3n) is 3.42. The van der Waals surface area contributed by atoms with E-state index in [-0.39, 0.29) is 22.8 Å². The lowest BCUT2D eigenvalue weighted by atomic mass is 10.2. The summed E-state index contributed by atoms with van der Waals surface area (Å²) < 4.78 is 5.10. The van der Waals surface area contributed by atoms with Crippen LogP contribution in [0.15, 0.2) is 48.5 Å². The number of hydrogen-bond acceptors (Lipinski definition) is 6. The summed E-state index contributed by atoms with van der Waals surface area (Å²) in [7, 11) is 0. The number of nitrogens with zero attached hydrogens (tertiary/aromatic N) is 1. The Hall–Kier alpha value is -3.75. The van der Waals surface area contributed by atoms with Gasteiger partial charge in [-0.15, -0.1) is 0 Å². The SMILES string of the molecule is CC(=O)Nc1ccc(C(=O)OC(C)C(=O)Nc2cccc([N+](=O)[O-])c2)cc1. The van der Waals surface area contributed by atoms with Crippen molar-refractivity contribution in [1.29, 1.82) is 0 Å². The molecule has 9 nitrogen and oxygen atoms in total. The summed E-state index contributed by atoms with van der Waals surface area (Å²) in [6.45, 7) is 2.75. The summed E-state index contributed by atoms with van der Waals surface area (Å²) in [5.74, 6) is -1.58. The van der Waals surface area contributed by atoms with Crippen molar-refractivity contribution in [3.05, 3.63) is 64.2 Å². The zero-order valence-corrected chi connectivity index (χ0v) is 14.6. The van der Waals surface area contributed by atoms with Gasteiger partial charge in [-0.25, -0.2) is 4.79 Å². The molecule has 0 aliphatic rings. The van der Waals surface area contributed by atoms with Crippen molar-refractivity contribution >= 4 is 34.8 Å². The van der Waals surface area contributed by atoms with E-state index in [9.17, 15) is 24.5 Å². The van der Waals surface area contributed by atoms with Crippen LogP contribution in [0.3, 0.4) is 0 Å². The van der Waals surface area contributed by atoms with Gasteiger partial charge in [-0.05, 0) is 37.3 Å². The van der Waals surface area contributed by atoms with Crippen LogP contribution in [0, 0.1) is 10.1 Å². The van der Waals surface area contributed by atoms with Gasteiger partial charge in [0.2, 0.25) is 5.91 Å². The molecule has 2 amide bonds. The number of amides is 2. The third-order valence-corrected chi connectivity index (χ3v) is 3.42. The van der Waals surface area contributed by atoms with Crippen molar-refractivity contribution in [2.24, 2.45) is 0 Å². The number of non-ortho nitro benzene ring substituents is 1. The van der Waals surface area contributed by atoms with E-state index in [4.69, 9.17) is 4.74 Å². The largest absolute Gasteiger partial charge is 0.449 e. The number of ether oxygens (including phenoxy) is 1. The number of nitro groups is 1. The first-order chi connectivity index (χ1) is 12.8. The van der Waals surface area contributed by atoms with Gasteiger partial charge in [0.25, 0.3) is 11.6 Å². The average molecular weight is 371 g/mol. The van der Waals surface area contributed by atoms with E-state index in [1.165, 1.54) is 62.4 Å². The van der Waals surface area contributed by atoms with Crippen LogP contribution in [0.1, 0.15) is 24.2 Å². The summed E-state index contributed by atoms with van der Waals surface area (Å²) in [6, 6.07) is 11.4. The third kappa shape index (κ3) is 5.63. The van der Waals surface area contributed by atoms with Crippen molar-refractivity contribution in [2.45, 2.75) is 20.0 Å². The molecule has 0 heterocycles. The Morgan fingerprint density at radius 1 is 1.04 bits per heavy atom. The van der Waals surface area contributed by atoms with Gasteiger partial charge in [0.05, 0.1) is 10.5 Å². The molecule has 0 spiro atoms. The van der Waals surface area contributed by atoms with E-state index in [0.29, 0.717) is 5.69 Å². The van der Waals surface area contributed by atoms with Gasteiger partial charge < -0.3 is 15.4 Å². The number of nitro benzene ring substituents is 1. The molecular weight excluding hydrogens is 354 g/mol. The van der Waals surface area contributed by atoms with Gasteiger partial charge in [0.1, 0.15) is 0 Å². The molecule has 0 fully saturated rings. The van der Waals surface area contributed by atoms with Crippen molar-refractivity contribution in [2.75, 3.05) is 10.6 Å². The summed E-state index contributed by atoms with van der Waals surface area (Å²) >= 11 is 0. The number of rotatable bonds is 6. The van der Waals surface area contributed by atoms with Crippen molar-refractivity contribution in [3.8, 4) is 0 Å². The van der Waals surface area contributed by atoms with E-state index in [0.717, 1.165) is 0 Å². The van der Waals surface area contributed by atoms with Gasteiger partial charge in [-0.3, -0.25) is 19.7 Å². The average Bonchev–Trinajstić information content (AvgIpc) is 2.61. The van der Waals surface area contributed by atoms with Crippen LogP contribution < -0.4 is 10.6 Å². The Morgan fingerprint density at radius 2 is 1.70 bits per heavy atom. The van der Waals surface area contributed by atoms with Crippen molar-refractivity contribution < 1.29 is 24.0 Å². The number of nitrogens with one attached hydrogen (secondary N) is 2. The second-order valence-corrected chi connectivity index (χ2v) is 5.60.